The van der Waals surface area contributed by atoms with Crippen molar-refractivity contribution in [3.63, 3.8) is 0 Å². The van der Waals surface area contributed by atoms with Crippen LogP contribution in [0.15, 0.2) is 54.6 Å². The Morgan fingerprint density at radius 2 is 1.55 bits per heavy atom. The summed E-state index contributed by atoms with van der Waals surface area (Å²) in [5, 5.41) is 8.96. The van der Waals surface area contributed by atoms with Crippen LogP contribution in [0.5, 0.6) is 5.75 Å². The molecular formula is C17H18N2O. The van der Waals surface area contributed by atoms with Gasteiger partial charge in [-0.15, -0.1) is 0 Å². The van der Waals surface area contributed by atoms with Crippen LogP contribution in [0, 0.1) is 11.3 Å². The van der Waals surface area contributed by atoms with E-state index in [2.05, 4.69) is 23.1 Å². The second kappa shape index (κ2) is 7.32. The van der Waals surface area contributed by atoms with E-state index >= 15 is 0 Å². The van der Waals surface area contributed by atoms with Gasteiger partial charge in [0.1, 0.15) is 5.75 Å². The Labute approximate surface area is 120 Å². The Morgan fingerprint density at radius 1 is 0.950 bits per heavy atom. The summed E-state index contributed by atoms with van der Waals surface area (Å²) in [4.78, 5) is 2.12. The fraction of sp³-hybridized carbons (Fsp3) is 0.235. The zero-order valence-electron chi connectivity index (χ0n) is 11.6. The van der Waals surface area contributed by atoms with Crippen molar-refractivity contribution in [3.05, 3.63) is 65.7 Å². The minimum Gasteiger partial charge on any atom is -0.497 e. The number of hydrogen-bond acceptors (Lipinski definition) is 3. The van der Waals surface area contributed by atoms with Crippen LogP contribution in [-0.2, 0) is 13.1 Å². The molecule has 0 aliphatic carbocycles. The second-order valence-corrected chi connectivity index (χ2v) is 4.64. The van der Waals surface area contributed by atoms with Gasteiger partial charge >= 0.3 is 0 Å². The first-order chi connectivity index (χ1) is 9.81. The molecule has 3 nitrogen and oxygen atoms in total. The zero-order valence-corrected chi connectivity index (χ0v) is 11.6. The molecule has 3 heteroatoms. The van der Waals surface area contributed by atoms with Gasteiger partial charge in [-0.2, -0.15) is 5.26 Å². The van der Waals surface area contributed by atoms with Crippen LogP contribution >= 0.6 is 0 Å². The molecule has 0 unspecified atom stereocenters. The minimum atomic E-state index is 0.418. The van der Waals surface area contributed by atoms with E-state index in [1.54, 1.807) is 7.11 Å². The van der Waals surface area contributed by atoms with E-state index in [1.165, 1.54) is 11.1 Å². The average molecular weight is 266 g/mol. The maximum atomic E-state index is 8.96. The van der Waals surface area contributed by atoms with Crippen LogP contribution in [0.1, 0.15) is 11.1 Å². The van der Waals surface area contributed by atoms with Crippen LogP contribution in [0.4, 0.5) is 0 Å². The molecule has 0 fully saturated rings. The Balaban J connectivity index is 2.03. The standard InChI is InChI=1S/C17H18N2O/c1-20-17-9-7-16(8-10-17)14-19(12-11-18)13-15-5-3-2-4-6-15/h2-10H,12-14H2,1H3. The maximum Gasteiger partial charge on any atom is 0.118 e. The van der Waals surface area contributed by atoms with Crippen molar-refractivity contribution in [1.82, 2.24) is 4.90 Å². The fourth-order valence-corrected chi connectivity index (χ4v) is 2.10. The summed E-state index contributed by atoms with van der Waals surface area (Å²) >= 11 is 0. The molecule has 0 aliphatic rings. The first kappa shape index (κ1) is 14.1. The predicted octanol–water partition coefficient (Wildman–Crippen LogP) is 3.22. The molecule has 2 aromatic carbocycles. The first-order valence-corrected chi connectivity index (χ1v) is 6.58. The molecule has 0 radical (unpaired) electrons. The number of methoxy groups -OCH3 is 1. The molecule has 0 spiro atoms. The van der Waals surface area contributed by atoms with Gasteiger partial charge in [0, 0.05) is 13.1 Å². The van der Waals surface area contributed by atoms with Crippen LogP contribution in [-0.4, -0.2) is 18.6 Å². The highest BCUT2D eigenvalue weighted by atomic mass is 16.5. The predicted molar refractivity (Wildman–Crippen MR) is 79.2 cm³/mol. The number of rotatable bonds is 6. The summed E-state index contributed by atoms with van der Waals surface area (Å²) < 4.78 is 5.15. The van der Waals surface area contributed by atoms with Crippen molar-refractivity contribution < 1.29 is 4.74 Å². The van der Waals surface area contributed by atoms with Crippen LogP contribution in [0.2, 0.25) is 0 Å². The lowest BCUT2D eigenvalue weighted by Gasteiger charge is -2.19. The van der Waals surface area contributed by atoms with Gasteiger partial charge in [0.2, 0.25) is 0 Å². The summed E-state index contributed by atoms with van der Waals surface area (Å²) in [5.74, 6) is 0.851. The van der Waals surface area contributed by atoms with Gasteiger partial charge in [-0.3, -0.25) is 4.90 Å². The molecule has 0 bridgehead atoms. The quantitative estimate of drug-likeness (QED) is 0.753. The molecule has 0 saturated carbocycles. The van der Waals surface area contributed by atoms with Crippen LogP contribution in [0.3, 0.4) is 0 Å². The lowest BCUT2D eigenvalue weighted by atomic mass is 10.1. The molecular weight excluding hydrogens is 248 g/mol. The molecule has 0 N–H and O–H groups in total. The van der Waals surface area contributed by atoms with Crippen LogP contribution in [0.25, 0.3) is 0 Å². The highest BCUT2D eigenvalue weighted by Gasteiger charge is 2.06. The normalized spacial score (nSPS) is 10.2. The molecule has 20 heavy (non-hydrogen) atoms. The maximum absolute atomic E-state index is 8.96. The third-order valence-electron chi connectivity index (χ3n) is 3.11. The summed E-state index contributed by atoms with van der Waals surface area (Å²) in [5.41, 5.74) is 2.40. The average Bonchev–Trinajstić information content (AvgIpc) is 2.49. The van der Waals surface area contributed by atoms with Crippen molar-refractivity contribution in [1.29, 1.82) is 5.26 Å². The summed E-state index contributed by atoms with van der Waals surface area (Å²) in [6.07, 6.45) is 0. The van der Waals surface area contributed by atoms with E-state index in [4.69, 9.17) is 10.00 Å². The van der Waals surface area contributed by atoms with Gasteiger partial charge in [0.15, 0.2) is 0 Å². The van der Waals surface area contributed by atoms with Gasteiger partial charge in [0.25, 0.3) is 0 Å². The van der Waals surface area contributed by atoms with Crippen molar-refractivity contribution in [2.24, 2.45) is 0 Å². The highest BCUT2D eigenvalue weighted by molar-refractivity contribution is 5.27. The largest absolute Gasteiger partial charge is 0.497 e. The molecule has 0 aromatic heterocycles. The third kappa shape index (κ3) is 4.11. The molecule has 102 valence electrons. The van der Waals surface area contributed by atoms with Gasteiger partial charge < -0.3 is 4.74 Å². The Hall–Kier alpha value is -2.31. The molecule has 0 heterocycles. The van der Waals surface area contributed by atoms with E-state index in [0.717, 1.165) is 18.8 Å². The Kier molecular flexibility index (Phi) is 5.16. The number of ether oxygens (including phenoxy) is 1. The second-order valence-electron chi connectivity index (χ2n) is 4.64. The van der Waals surface area contributed by atoms with Crippen molar-refractivity contribution in [3.8, 4) is 11.8 Å². The highest BCUT2D eigenvalue weighted by Crippen LogP contribution is 2.14. The first-order valence-electron chi connectivity index (χ1n) is 6.58. The summed E-state index contributed by atoms with van der Waals surface area (Å²) in [7, 11) is 1.66. The molecule has 0 atom stereocenters. The molecule has 2 rings (SSSR count). The van der Waals surface area contributed by atoms with Gasteiger partial charge in [-0.1, -0.05) is 42.5 Å². The van der Waals surface area contributed by atoms with E-state index in [0.29, 0.717) is 6.54 Å². The van der Waals surface area contributed by atoms with E-state index in [-0.39, 0.29) is 0 Å². The lowest BCUT2D eigenvalue weighted by molar-refractivity contribution is 0.289. The number of nitriles is 1. The monoisotopic (exact) mass is 266 g/mol. The summed E-state index contributed by atoms with van der Waals surface area (Å²) in [6, 6.07) is 20.4. The van der Waals surface area contributed by atoms with E-state index in [1.807, 2.05) is 42.5 Å². The molecule has 0 aliphatic heterocycles. The van der Waals surface area contributed by atoms with Crippen molar-refractivity contribution in [2.45, 2.75) is 13.1 Å². The summed E-state index contributed by atoms with van der Waals surface area (Å²) in [6.45, 7) is 1.95. The fourth-order valence-electron chi connectivity index (χ4n) is 2.10. The SMILES string of the molecule is COc1ccc(CN(CC#N)Cc2ccccc2)cc1. The third-order valence-corrected chi connectivity index (χ3v) is 3.11. The number of hydrogen-bond donors (Lipinski definition) is 0. The van der Waals surface area contributed by atoms with Gasteiger partial charge in [-0.05, 0) is 23.3 Å². The van der Waals surface area contributed by atoms with Crippen molar-refractivity contribution >= 4 is 0 Å². The van der Waals surface area contributed by atoms with Crippen molar-refractivity contribution in [2.75, 3.05) is 13.7 Å². The Bertz CT molecular complexity index is 558. The Morgan fingerprint density at radius 3 is 2.10 bits per heavy atom. The van der Waals surface area contributed by atoms with Crippen LogP contribution < -0.4 is 4.74 Å². The van der Waals surface area contributed by atoms with Gasteiger partial charge in [-0.25, -0.2) is 0 Å². The zero-order chi connectivity index (χ0) is 14.2. The molecule has 0 amide bonds. The number of benzene rings is 2. The lowest BCUT2D eigenvalue weighted by Crippen LogP contribution is -2.23. The topological polar surface area (TPSA) is 36.3 Å². The van der Waals surface area contributed by atoms with E-state index < -0.39 is 0 Å². The molecule has 0 saturated heterocycles. The molecule has 2 aromatic rings. The van der Waals surface area contributed by atoms with E-state index in [9.17, 15) is 0 Å². The van der Waals surface area contributed by atoms with Gasteiger partial charge in [0.05, 0.1) is 19.7 Å². The minimum absolute atomic E-state index is 0.418. The smallest absolute Gasteiger partial charge is 0.118 e. The number of nitrogens with zero attached hydrogens (tertiary/aromatic N) is 2.